The topological polar surface area (TPSA) is 56.6 Å². The molecule has 0 radical (unpaired) electrons. The maximum atomic E-state index is 12.4. The summed E-state index contributed by atoms with van der Waals surface area (Å²) in [4.78, 5) is 13.9. The zero-order valence-corrected chi connectivity index (χ0v) is 12.1. The minimum Gasteiger partial charge on any atom is -0.376 e. The van der Waals surface area contributed by atoms with E-state index in [4.69, 9.17) is 21.1 Å². The highest BCUT2D eigenvalue weighted by atomic mass is 35.5. The van der Waals surface area contributed by atoms with Crippen LogP contribution in [0.1, 0.15) is 16.2 Å². The summed E-state index contributed by atoms with van der Waals surface area (Å²) >= 11 is 6.11. The van der Waals surface area contributed by atoms with Gasteiger partial charge in [-0.25, -0.2) is 0 Å². The number of halogens is 1. The molecule has 1 atom stereocenters. The number of nitrogens with zero attached hydrogens (tertiary/aromatic N) is 3. The number of ether oxygens (including phenoxy) is 2. The number of likely N-dealkylation sites (N-methyl/N-ethyl adjacent to an activating group) is 1. The van der Waals surface area contributed by atoms with Gasteiger partial charge in [-0.05, 0) is 6.92 Å². The predicted molar refractivity (Wildman–Crippen MR) is 70.5 cm³/mol. The lowest BCUT2D eigenvalue weighted by Crippen LogP contribution is -2.41. The van der Waals surface area contributed by atoms with Crippen molar-refractivity contribution in [1.82, 2.24) is 14.7 Å². The van der Waals surface area contributed by atoms with Crippen molar-refractivity contribution < 1.29 is 14.3 Å². The van der Waals surface area contributed by atoms with Gasteiger partial charge in [0, 0.05) is 20.6 Å². The number of carbonyl (C=O) groups excluding carboxylic acids is 1. The molecule has 0 bridgehead atoms. The van der Waals surface area contributed by atoms with E-state index in [1.165, 1.54) is 4.68 Å². The lowest BCUT2D eigenvalue weighted by atomic mass is 10.3. The van der Waals surface area contributed by atoms with Crippen molar-refractivity contribution in [2.24, 2.45) is 7.05 Å². The third-order valence-electron chi connectivity index (χ3n) is 3.06. The molecule has 6 nitrogen and oxygen atoms in total. The largest absolute Gasteiger partial charge is 0.376 e. The average molecular weight is 288 g/mol. The molecule has 2 rings (SSSR count). The molecule has 1 aliphatic heterocycles. The molecule has 0 saturated carbocycles. The van der Waals surface area contributed by atoms with Crippen LogP contribution in [0.2, 0.25) is 5.02 Å². The van der Waals surface area contributed by atoms with Crippen LogP contribution in [0.5, 0.6) is 0 Å². The Bertz CT molecular complexity index is 469. The molecule has 1 aliphatic rings. The maximum Gasteiger partial charge on any atom is 0.273 e. The minimum atomic E-state index is -0.165. The van der Waals surface area contributed by atoms with Crippen LogP contribution < -0.4 is 0 Å². The van der Waals surface area contributed by atoms with E-state index in [1.54, 1.807) is 25.9 Å². The molecule has 2 heterocycles. The van der Waals surface area contributed by atoms with Crippen molar-refractivity contribution >= 4 is 17.5 Å². The van der Waals surface area contributed by atoms with Crippen LogP contribution in [0.4, 0.5) is 0 Å². The third kappa shape index (κ3) is 3.08. The van der Waals surface area contributed by atoms with Gasteiger partial charge in [-0.15, -0.1) is 0 Å². The Morgan fingerprint density at radius 3 is 2.84 bits per heavy atom. The highest BCUT2D eigenvalue weighted by molar-refractivity contribution is 6.34. The van der Waals surface area contributed by atoms with Crippen LogP contribution in [-0.2, 0) is 16.5 Å². The molecule has 1 fully saturated rings. The van der Waals surface area contributed by atoms with E-state index in [1.807, 2.05) is 0 Å². The second kappa shape index (κ2) is 5.90. The fourth-order valence-corrected chi connectivity index (χ4v) is 2.32. The number of hydrogen-bond acceptors (Lipinski definition) is 4. The Hall–Kier alpha value is -1.11. The van der Waals surface area contributed by atoms with Crippen LogP contribution in [0, 0.1) is 6.92 Å². The molecule has 106 valence electrons. The van der Waals surface area contributed by atoms with Crippen molar-refractivity contribution in [3.63, 3.8) is 0 Å². The van der Waals surface area contributed by atoms with E-state index in [9.17, 15) is 4.79 Å². The van der Waals surface area contributed by atoms with Gasteiger partial charge in [0.05, 0.1) is 36.6 Å². The summed E-state index contributed by atoms with van der Waals surface area (Å²) in [5.74, 6) is -0.165. The second-order valence-electron chi connectivity index (χ2n) is 4.62. The number of amides is 1. The molecule has 0 aliphatic carbocycles. The van der Waals surface area contributed by atoms with Gasteiger partial charge in [0.1, 0.15) is 5.69 Å². The van der Waals surface area contributed by atoms with E-state index in [0.29, 0.717) is 42.8 Å². The molecule has 1 aromatic heterocycles. The number of hydrogen-bond donors (Lipinski definition) is 0. The second-order valence-corrected chi connectivity index (χ2v) is 5.00. The predicted octanol–water partition coefficient (Wildman–Crippen LogP) is 0.869. The Morgan fingerprint density at radius 1 is 1.58 bits per heavy atom. The SMILES string of the molecule is Cc1nn(C)c(C(=O)N(C)C[C@@H]2COCCO2)c1Cl. The van der Waals surface area contributed by atoms with Gasteiger partial charge in [0.2, 0.25) is 0 Å². The van der Waals surface area contributed by atoms with Gasteiger partial charge in [-0.3, -0.25) is 9.48 Å². The van der Waals surface area contributed by atoms with Crippen LogP contribution in [-0.4, -0.2) is 60.1 Å². The van der Waals surface area contributed by atoms with Gasteiger partial charge in [-0.1, -0.05) is 11.6 Å². The maximum absolute atomic E-state index is 12.4. The minimum absolute atomic E-state index is 0.0872. The summed E-state index contributed by atoms with van der Waals surface area (Å²) in [7, 11) is 3.43. The average Bonchev–Trinajstić information content (AvgIpc) is 2.63. The molecular formula is C12H18ClN3O3. The first-order valence-electron chi connectivity index (χ1n) is 6.14. The van der Waals surface area contributed by atoms with Crippen molar-refractivity contribution in [2.75, 3.05) is 33.4 Å². The first-order chi connectivity index (χ1) is 9.00. The summed E-state index contributed by atoms with van der Waals surface area (Å²) in [5, 5.41) is 4.55. The van der Waals surface area contributed by atoms with E-state index >= 15 is 0 Å². The zero-order valence-electron chi connectivity index (χ0n) is 11.4. The Labute approximate surface area is 117 Å². The fraction of sp³-hybridized carbons (Fsp3) is 0.667. The molecule has 19 heavy (non-hydrogen) atoms. The molecule has 7 heteroatoms. The molecule has 0 spiro atoms. The lowest BCUT2D eigenvalue weighted by Gasteiger charge is -2.27. The van der Waals surface area contributed by atoms with Gasteiger partial charge in [0.15, 0.2) is 0 Å². The van der Waals surface area contributed by atoms with Gasteiger partial charge >= 0.3 is 0 Å². The standard InChI is InChI=1S/C12H18ClN3O3/c1-8-10(13)11(16(3)14-8)12(17)15(2)6-9-7-18-4-5-19-9/h9H,4-7H2,1-3H3/t9-/m1/s1. The number of rotatable bonds is 3. The Balaban J connectivity index is 2.05. The summed E-state index contributed by atoms with van der Waals surface area (Å²) in [6.07, 6.45) is -0.0872. The highest BCUT2D eigenvalue weighted by Gasteiger charge is 2.25. The molecule has 0 aromatic carbocycles. The number of aromatic nitrogens is 2. The lowest BCUT2D eigenvalue weighted by molar-refractivity contribution is -0.0934. The Kier molecular flexibility index (Phi) is 4.44. The first-order valence-corrected chi connectivity index (χ1v) is 6.52. The highest BCUT2D eigenvalue weighted by Crippen LogP contribution is 2.20. The van der Waals surface area contributed by atoms with Gasteiger partial charge < -0.3 is 14.4 Å². The van der Waals surface area contributed by atoms with Gasteiger partial charge in [0.25, 0.3) is 5.91 Å². The summed E-state index contributed by atoms with van der Waals surface area (Å²) in [6, 6.07) is 0. The zero-order chi connectivity index (χ0) is 14.0. The summed E-state index contributed by atoms with van der Waals surface area (Å²) in [6.45, 7) is 3.94. The molecule has 1 saturated heterocycles. The van der Waals surface area contributed by atoms with Crippen LogP contribution in [0.3, 0.4) is 0 Å². The van der Waals surface area contributed by atoms with Crippen molar-refractivity contribution in [3.8, 4) is 0 Å². The van der Waals surface area contributed by atoms with E-state index < -0.39 is 0 Å². The van der Waals surface area contributed by atoms with Crippen molar-refractivity contribution in [1.29, 1.82) is 0 Å². The van der Waals surface area contributed by atoms with Crippen LogP contribution >= 0.6 is 11.6 Å². The number of carbonyl (C=O) groups is 1. The number of aryl methyl sites for hydroxylation is 2. The van der Waals surface area contributed by atoms with E-state index in [2.05, 4.69) is 5.10 Å². The normalized spacial score (nSPS) is 19.5. The van der Waals surface area contributed by atoms with Crippen molar-refractivity contribution in [2.45, 2.75) is 13.0 Å². The summed E-state index contributed by atoms with van der Waals surface area (Å²) in [5.41, 5.74) is 1.05. The van der Waals surface area contributed by atoms with E-state index in [-0.39, 0.29) is 12.0 Å². The van der Waals surface area contributed by atoms with Gasteiger partial charge in [-0.2, -0.15) is 5.10 Å². The van der Waals surface area contributed by atoms with Crippen LogP contribution in [0.25, 0.3) is 0 Å². The quantitative estimate of drug-likeness (QED) is 0.828. The van der Waals surface area contributed by atoms with Crippen molar-refractivity contribution in [3.05, 3.63) is 16.4 Å². The molecule has 0 unspecified atom stereocenters. The van der Waals surface area contributed by atoms with E-state index in [0.717, 1.165) is 0 Å². The van der Waals surface area contributed by atoms with Crippen LogP contribution in [0.15, 0.2) is 0 Å². The molecule has 1 amide bonds. The molecule has 0 N–H and O–H groups in total. The smallest absolute Gasteiger partial charge is 0.273 e. The summed E-state index contributed by atoms with van der Waals surface area (Å²) < 4.78 is 12.3. The first kappa shape index (κ1) is 14.3. The fourth-order valence-electron chi connectivity index (χ4n) is 2.08. The monoisotopic (exact) mass is 287 g/mol. The molecule has 1 aromatic rings. The molecular weight excluding hydrogens is 270 g/mol. The Morgan fingerprint density at radius 2 is 2.32 bits per heavy atom. The third-order valence-corrected chi connectivity index (χ3v) is 3.51.